The zero-order valence-corrected chi connectivity index (χ0v) is 12.4. The van der Waals surface area contributed by atoms with Crippen LogP contribution in [0.3, 0.4) is 0 Å². The lowest BCUT2D eigenvalue weighted by molar-refractivity contribution is 0.102. The summed E-state index contributed by atoms with van der Waals surface area (Å²) in [6.07, 6.45) is 1.71. The van der Waals surface area contributed by atoms with Crippen molar-refractivity contribution in [3.05, 3.63) is 41.0 Å². The molecular formula is C14H14N4O2S. The Balaban J connectivity index is 1.77. The molecule has 0 radical (unpaired) electrons. The van der Waals surface area contributed by atoms with E-state index in [1.807, 2.05) is 31.3 Å². The summed E-state index contributed by atoms with van der Waals surface area (Å²) in [5.41, 5.74) is 1.50. The summed E-state index contributed by atoms with van der Waals surface area (Å²) < 4.78 is 5.17. The Morgan fingerprint density at radius 3 is 3.05 bits per heavy atom. The minimum atomic E-state index is -0.209. The number of amides is 1. The number of anilines is 1. The van der Waals surface area contributed by atoms with E-state index in [2.05, 4.69) is 20.5 Å². The highest BCUT2D eigenvalue weighted by Gasteiger charge is 2.14. The third kappa shape index (κ3) is 2.79. The van der Waals surface area contributed by atoms with Crippen molar-refractivity contribution in [3.8, 4) is 0 Å². The van der Waals surface area contributed by atoms with E-state index in [0.717, 1.165) is 15.9 Å². The van der Waals surface area contributed by atoms with Crippen molar-refractivity contribution in [1.82, 2.24) is 15.2 Å². The third-order valence-electron chi connectivity index (χ3n) is 3.18. The van der Waals surface area contributed by atoms with Crippen LogP contribution in [0.15, 0.2) is 30.5 Å². The number of nitrogens with one attached hydrogen (secondary N) is 2. The van der Waals surface area contributed by atoms with E-state index in [4.69, 9.17) is 4.74 Å². The summed E-state index contributed by atoms with van der Waals surface area (Å²) in [6.45, 7) is 1.88. The molecule has 2 heterocycles. The number of carbonyl (C=O) groups is 1. The molecule has 0 saturated heterocycles. The quantitative estimate of drug-likeness (QED) is 0.776. The number of aromatic nitrogens is 3. The lowest BCUT2D eigenvalue weighted by Gasteiger charge is -2.03. The van der Waals surface area contributed by atoms with E-state index in [9.17, 15) is 4.79 Å². The molecule has 108 valence electrons. The van der Waals surface area contributed by atoms with Gasteiger partial charge in [-0.2, -0.15) is 0 Å². The Morgan fingerprint density at radius 1 is 1.38 bits per heavy atom. The van der Waals surface area contributed by atoms with Crippen molar-refractivity contribution in [2.24, 2.45) is 0 Å². The van der Waals surface area contributed by atoms with E-state index in [1.54, 1.807) is 13.2 Å². The highest BCUT2D eigenvalue weighted by atomic mass is 32.1. The first-order chi connectivity index (χ1) is 10.2. The van der Waals surface area contributed by atoms with Gasteiger partial charge in [0.2, 0.25) is 5.13 Å². The highest BCUT2D eigenvalue weighted by molar-refractivity contribution is 7.15. The van der Waals surface area contributed by atoms with Crippen LogP contribution in [0.4, 0.5) is 5.13 Å². The van der Waals surface area contributed by atoms with Crippen LogP contribution < -0.4 is 5.32 Å². The SMILES string of the molecule is COC(C)c1nnc(NC(=O)c2ccc3cc[nH]c3c2)s1. The number of ether oxygens (including phenoxy) is 1. The van der Waals surface area contributed by atoms with Gasteiger partial charge in [-0.3, -0.25) is 10.1 Å². The van der Waals surface area contributed by atoms with Crippen molar-refractivity contribution in [2.75, 3.05) is 12.4 Å². The number of aromatic amines is 1. The minimum absolute atomic E-state index is 0.136. The average Bonchev–Trinajstić information content (AvgIpc) is 3.14. The van der Waals surface area contributed by atoms with Gasteiger partial charge in [-0.25, -0.2) is 0 Å². The molecule has 6 nitrogen and oxygen atoms in total. The lowest BCUT2D eigenvalue weighted by atomic mass is 10.1. The Kier molecular flexibility index (Phi) is 3.68. The van der Waals surface area contributed by atoms with E-state index in [0.29, 0.717) is 10.7 Å². The predicted molar refractivity (Wildman–Crippen MR) is 81.6 cm³/mol. The summed E-state index contributed by atoms with van der Waals surface area (Å²) in [6, 6.07) is 7.45. The molecular weight excluding hydrogens is 288 g/mol. The highest BCUT2D eigenvalue weighted by Crippen LogP contribution is 2.24. The molecule has 3 aromatic rings. The standard InChI is InChI=1S/C14H14N4O2S/c1-8(20-2)13-17-18-14(21-13)16-12(19)10-4-3-9-5-6-15-11(9)7-10/h3-8,15H,1-2H3,(H,16,18,19). The van der Waals surface area contributed by atoms with Gasteiger partial charge in [0.1, 0.15) is 11.1 Å². The van der Waals surface area contributed by atoms with Gasteiger partial charge in [-0.15, -0.1) is 10.2 Å². The van der Waals surface area contributed by atoms with Gasteiger partial charge in [0.05, 0.1) is 0 Å². The summed E-state index contributed by atoms with van der Waals surface area (Å²) in [7, 11) is 1.61. The molecule has 1 amide bonds. The fourth-order valence-electron chi connectivity index (χ4n) is 1.91. The topological polar surface area (TPSA) is 79.9 Å². The van der Waals surface area contributed by atoms with Crippen LogP contribution in [0.25, 0.3) is 10.9 Å². The smallest absolute Gasteiger partial charge is 0.257 e. The molecule has 0 aliphatic carbocycles. The number of hydrogen-bond acceptors (Lipinski definition) is 5. The van der Waals surface area contributed by atoms with Crippen LogP contribution in [0.2, 0.25) is 0 Å². The first-order valence-corrected chi connectivity index (χ1v) is 7.23. The second-order valence-electron chi connectivity index (χ2n) is 4.56. The molecule has 2 N–H and O–H groups in total. The zero-order chi connectivity index (χ0) is 14.8. The van der Waals surface area contributed by atoms with Gasteiger partial charge in [0.15, 0.2) is 0 Å². The molecule has 0 fully saturated rings. The van der Waals surface area contributed by atoms with Crippen LogP contribution in [-0.2, 0) is 4.74 Å². The fraction of sp³-hybridized carbons (Fsp3) is 0.214. The molecule has 1 unspecified atom stereocenters. The first-order valence-electron chi connectivity index (χ1n) is 6.42. The fourth-order valence-corrected chi connectivity index (χ4v) is 2.68. The third-order valence-corrected chi connectivity index (χ3v) is 4.18. The van der Waals surface area contributed by atoms with Gasteiger partial charge in [0.25, 0.3) is 5.91 Å². The monoisotopic (exact) mass is 302 g/mol. The van der Waals surface area contributed by atoms with Gasteiger partial charge in [-0.05, 0) is 30.5 Å². The number of rotatable bonds is 4. The van der Waals surface area contributed by atoms with E-state index >= 15 is 0 Å². The molecule has 1 aromatic carbocycles. The van der Waals surface area contributed by atoms with Gasteiger partial charge >= 0.3 is 0 Å². The van der Waals surface area contributed by atoms with Gasteiger partial charge in [-0.1, -0.05) is 17.4 Å². The number of fused-ring (bicyclic) bond motifs is 1. The van der Waals surface area contributed by atoms with Gasteiger partial charge in [0, 0.05) is 24.4 Å². The summed E-state index contributed by atoms with van der Waals surface area (Å²) >= 11 is 1.31. The van der Waals surface area contributed by atoms with E-state index in [1.165, 1.54) is 11.3 Å². The van der Waals surface area contributed by atoms with E-state index < -0.39 is 0 Å². The molecule has 21 heavy (non-hydrogen) atoms. The lowest BCUT2D eigenvalue weighted by Crippen LogP contribution is -2.11. The summed E-state index contributed by atoms with van der Waals surface area (Å²) in [5.74, 6) is -0.209. The molecule has 0 aliphatic heterocycles. The van der Waals surface area contributed by atoms with E-state index in [-0.39, 0.29) is 12.0 Å². The first kappa shape index (κ1) is 13.7. The average molecular weight is 302 g/mol. The maximum absolute atomic E-state index is 12.2. The van der Waals surface area contributed by atoms with Crippen LogP contribution in [0.5, 0.6) is 0 Å². The Hall–Kier alpha value is -2.25. The zero-order valence-electron chi connectivity index (χ0n) is 11.6. The second-order valence-corrected chi connectivity index (χ2v) is 5.57. The summed E-state index contributed by atoms with van der Waals surface area (Å²) in [5, 5.41) is 13.0. The number of benzene rings is 1. The van der Waals surface area contributed by atoms with Crippen LogP contribution in [-0.4, -0.2) is 28.2 Å². The van der Waals surface area contributed by atoms with Gasteiger partial charge < -0.3 is 9.72 Å². The molecule has 0 bridgehead atoms. The molecule has 2 aromatic heterocycles. The number of nitrogens with zero attached hydrogens (tertiary/aromatic N) is 2. The van der Waals surface area contributed by atoms with Crippen LogP contribution in [0, 0.1) is 0 Å². The Morgan fingerprint density at radius 2 is 2.24 bits per heavy atom. The molecule has 0 spiro atoms. The molecule has 0 saturated carbocycles. The largest absolute Gasteiger partial charge is 0.374 e. The number of H-pyrrole nitrogens is 1. The van der Waals surface area contributed by atoms with Crippen molar-refractivity contribution in [3.63, 3.8) is 0 Å². The van der Waals surface area contributed by atoms with Crippen molar-refractivity contribution >= 4 is 33.3 Å². The molecule has 3 rings (SSSR count). The minimum Gasteiger partial charge on any atom is -0.374 e. The maximum Gasteiger partial charge on any atom is 0.257 e. The summed E-state index contributed by atoms with van der Waals surface area (Å²) in [4.78, 5) is 15.3. The van der Waals surface area contributed by atoms with Crippen molar-refractivity contribution < 1.29 is 9.53 Å². The molecule has 0 aliphatic rings. The Bertz CT molecular complexity index is 780. The van der Waals surface area contributed by atoms with Crippen LogP contribution >= 0.6 is 11.3 Å². The second kappa shape index (κ2) is 5.63. The number of hydrogen-bond donors (Lipinski definition) is 2. The van der Waals surface area contributed by atoms with Crippen molar-refractivity contribution in [1.29, 1.82) is 0 Å². The molecule has 7 heteroatoms. The van der Waals surface area contributed by atoms with Crippen molar-refractivity contribution in [2.45, 2.75) is 13.0 Å². The predicted octanol–water partition coefficient (Wildman–Crippen LogP) is 2.98. The number of methoxy groups -OCH3 is 1. The normalized spacial score (nSPS) is 12.5. The van der Waals surface area contributed by atoms with Crippen LogP contribution in [0.1, 0.15) is 28.4 Å². The molecule has 1 atom stereocenters. The maximum atomic E-state index is 12.2. The number of carbonyl (C=O) groups excluding carboxylic acids is 1. The Labute approximate surface area is 125 Å².